The first-order valence-electron chi connectivity index (χ1n) is 10.0. The normalized spacial score (nSPS) is 11.1. The summed E-state index contributed by atoms with van der Waals surface area (Å²) in [6, 6.07) is 19.7. The van der Waals surface area contributed by atoms with E-state index < -0.39 is 21.9 Å². The molecule has 3 rings (SSSR count). The summed E-state index contributed by atoms with van der Waals surface area (Å²) in [6.07, 6.45) is 0. The lowest BCUT2D eigenvalue weighted by Gasteiger charge is -2.23. The maximum atomic E-state index is 13.4. The van der Waals surface area contributed by atoms with Gasteiger partial charge in [0.2, 0.25) is 10.0 Å². The molecule has 0 fully saturated rings. The van der Waals surface area contributed by atoms with E-state index in [0.717, 1.165) is 0 Å². The van der Waals surface area contributed by atoms with Crippen LogP contribution in [0.3, 0.4) is 0 Å². The Bertz CT molecular complexity index is 1120. The maximum Gasteiger partial charge on any atom is 0.326 e. The van der Waals surface area contributed by atoms with E-state index in [1.165, 1.54) is 41.3 Å². The molecule has 0 heterocycles. The molecule has 0 spiro atoms. The summed E-state index contributed by atoms with van der Waals surface area (Å²) in [4.78, 5) is 14.4. The fraction of sp³-hybridized carbons (Fsp3) is 0.174. The van der Waals surface area contributed by atoms with Gasteiger partial charge < -0.3 is 10.1 Å². The van der Waals surface area contributed by atoms with Gasteiger partial charge in [-0.2, -0.15) is 0 Å². The molecule has 0 aliphatic rings. The molecular weight excluding hydrogens is 433 g/mol. The molecule has 0 aromatic heterocycles. The van der Waals surface area contributed by atoms with Gasteiger partial charge in [-0.25, -0.2) is 22.3 Å². The second kappa shape index (κ2) is 10.7. The number of anilines is 2. The van der Waals surface area contributed by atoms with Gasteiger partial charge in [-0.15, -0.1) is 0 Å². The van der Waals surface area contributed by atoms with E-state index in [1.807, 2.05) is 6.92 Å². The quantitative estimate of drug-likeness (QED) is 0.503. The Labute approximate surface area is 186 Å². The van der Waals surface area contributed by atoms with Gasteiger partial charge in [-0.05, 0) is 67.6 Å². The smallest absolute Gasteiger partial charge is 0.326 e. The van der Waals surface area contributed by atoms with E-state index in [1.54, 1.807) is 42.5 Å². The van der Waals surface area contributed by atoms with Gasteiger partial charge in [-0.1, -0.05) is 18.2 Å². The molecule has 3 aromatic rings. The first-order chi connectivity index (χ1) is 15.4. The Morgan fingerprint density at radius 2 is 1.62 bits per heavy atom. The van der Waals surface area contributed by atoms with Gasteiger partial charge in [0, 0.05) is 24.5 Å². The van der Waals surface area contributed by atoms with Crippen molar-refractivity contribution in [2.24, 2.45) is 0 Å². The number of halogens is 1. The van der Waals surface area contributed by atoms with E-state index in [9.17, 15) is 17.6 Å². The summed E-state index contributed by atoms with van der Waals surface area (Å²) in [5, 5.41) is 2.76. The van der Waals surface area contributed by atoms with Crippen LogP contribution in [-0.2, 0) is 10.0 Å². The first kappa shape index (κ1) is 23.2. The molecule has 0 radical (unpaired) electrons. The zero-order valence-corrected chi connectivity index (χ0v) is 18.3. The summed E-state index contributed by atoms with van der Waals surface area (Å²) in [5.41, 5.74) is 0.962. The van der Waals surface area contributed by atoms with Crippen LogP contribution in [0.2, 0.25) is 0 Å². The average Bonchev–Trinajstić information content (AvgIpc) is 2.79. The Hall–Kier alpha value is -3.43. The fourth-order valence-electron chi connectivity index (χ4n) is 2.94. The molecule has 168 valence electrons. The van der Waals surface area contributed by atoms with Crippen LogP contribution in [0.4, 0.5) is 20.6 Å². The van der Waals surface area contributed by atoms with Crippen LogP contribution in [0.1, 0.15) is 6.92 Å². The number of benzene rings is 3. The molecule has 32 heavy (non-hydrogen) atoms. The minimum Gasteiger partial charge on any atom is -0.494 e. The van der Waals surface area contributed by atoms with Crippen molar-refractivity contribution in [1.29, 1.82) is 0 Å². The van der Waals surface area contributed by atoms with E-state index in [0.29, 0.717) is 23.7 Å². The average molecular weight is 458 g/mol. The van der Waals surface area contributed by atoms with Crippen molar-refractivity contribution in [3.8, 4) is 5.75 Å². The van der Waals surface area contributed by atoms with Crippen LogP contribution in [0, 0.1) is 5.82 Å². The molecule has 0 aliphatic heterocycles. The van der Waals surface area contributed by atoms with Crippen LogP contribution < -0.4 is 19.7 Å². The number of sulfonamides is 1. The lowest BCUT2D eigenvalue weighted by Crippen LogP contribution is -2.41. The predicted octanol–water partition coefficient (Wildman–Crippen LogP) is 4.24. The van der Waals surface area contributed by atoms with Crippen LogP contribution in [-0.4, -0.2) is 34.1 Å². The summed E-state index contributed by atoms with van der Waals surface area (Å²) in [5.74, 6) is 0.238. The largest absolute Gasteiger partial charge is 0.494 e. The van der Waals surface area contributed by atoms with Gasteiger partial charge in [0.1, 0.15) is 11.6 Å². The zero-order chi connectivity index (χ0) is 23.0. The topological polar surface area (TPSA) is 87.7 Å². The minimum atomic E-state index is -3.72. The van der Waals surface area contributed by atoms with Crippen LogP contribution in [0.25, 0.3) is 0 Å². The molecule has 0 saturated heterocycles. The number of urea groups is 1. The second-order valence-electron chi connectivity index (χ2n) is 6.73. The standard InChI is InChI=1S/C23H24FN3O4S/c1-2-31-21-14-10-19(11-15-21)26-23(28)27(20-12-8-18(24)9-13-20)17-16-25-32(29,30)22-6-4-3-5-7-22/h3-15,25H,2,16-17H2,1H3,(H,26,28). The van der Waals surface area contributed by atoms with E-state index in [2.05, 4.69) is 10.0 Å². The van der Waals surface area contributed by atoms with E-state index >= 15 is 0 Å². The Morgan fingerprint density at radius 1 is 0.969 bits per heavy atom. The molecule has 7 nitrogen and oxygen atoms in total. The molecule has 9 heteroatoms. The summed E-state index contributed by atoms with van der Waals surface area (Å²) in [6.45, 7) is 2.40. The van der Waals surface area contributed by atoms with Gasteiger partial charge >= 0.3 is 6.03 Å². The van der Waals surface area contributed by atoms with Gasteiger partial charge in [0.05, 0.1) is 11.5 Å². The Balaban J connectivity index is 1.72. The van der Waals surface area contributed by atoms with Crippen molar-refractivity contribution < 1.29 is 22.3 Å². The Morgan fingerprint density at radius 3 is 2.25 bits per heavy atom. The second-order valence-corrected chi connectivity index (χ2v) is 8.49. The molecule has 0 aliphatic carbocycles. The van der Waals surface area contributed by atoms with Crippen molar-refractivity contribution in [3.05, 3.63) is 84.7 Å². The molecule has 2 N–H and O–H groups in total. The summed E-state index contributed by atoms with van der Waals surface area (Å²) >= 11 is 0. The molecule has 0 unspecified atom stereocenters. The number of hydrogen-bond acceptors (Lipinski definition) is 4. The van der Waals surface area contributed by atoms with Crippen molar-refractivity contribution in [1.82, 2.24) is 4.72 Å². The van der Waals surface area contributed by atoms with Crippen LogP contribution in [0.15, 0.2) is 83.8 Å². The monoisotopic (exact) mass is 457 g/mol. The summed E-state index contributed by atoms with van der Waals surface area (Å²) < 4.78 is 46.1. The van der Waals surface area contributed by atoms with Crippen molar-refractivity contribution in [2.45, 2.75) is 11.8 Å². The maximum absolute atomic E-state index is 13.4. The van der Waals surface area contributed by atoms with Crippen molar-refractivity contribution >= 4 is 27.4 Å². The number of nitrogens with zero attached hydrogens (tertiary/aromatic N) is 1. The predicted molar refractivity (Wildman–Crippen MR) is 122 cm³/mol. The number of carbonyl (C=O) groups excluding carboxylic acids is 1. The van der Waals surface area contributed by atoms with E-state index in [-0.39, 0.29) is 18.0 Å². The number of carbonyl (C=O) groups is 1. The Kier molecular flexibility index (Phi) is 7.80. The number of amides is 2. The molecule has 3 aromatic carbocycles. The number of rotatable bonds is 9. The third kappa shape index (κ3) is 6.29. The van der Waals surface area contributed by atoms with Crippen LogP contribution >= 0.6 is 0 Å². The third-order valence-corrected chi connectivity index (χ3v) is 5.96. The van der Waals surface area contributed by atoms with Crippen molar-refractivity contribution in [3.63, 3.8) is 0 Å². The highest BCUT2D eigenvalue weighted by Gasteiger charge is 2.18. The van der Waals surface area contributed by atoms with Gasteiger partial charge in [0.25, 0.3) is 0 Å². The number of ether oxygens (including phenoxy) is 1. The minimum absolute atomic E-state index is 0.0283. The molecular formula is C23H24FN3O4S. The van der Waals surface area contributed by atoms with Gasteiger partial charge in [-0.3, -0.25) is 4.90 Å². The third-order valence-electron chi connectivity index (χ3n) is 4.48. The molecule has 0 saturated carbocycles. The lowest BCUT2D eigenvalue weighted by atomic mass is 10.2. The molecule has 0 atom stereocenters. The number of nitrogens with one attached hydrogen (secondary N) is 2. The summed E-state index contributed by atoms with van der Waals surface area (Å²) in [7, 11) is -3.72. The zero-order valence-electron chi connectivity index (χ0n) is 17.5. The first-order valence-corrected chi connectivity index (χ1v) is 11.5. The van der Waals surface area contributed by atoms with E-state index in [4.69, 9.17) is 4.74 Å². The molecule has 2 amide bonds. The highest BCUT2D eigenvalue weighted by Crippen LogP contribution is 2.19. The molecule has 0 bridgehead atoms. The lowest BCUT2D eigenvalue weighted by molar-refractivity contribution is 0.257. The highest BCUT2D eigenvalue weighted by atomic mass is 32.2. The fourth-order valence-corrected chi connectivity index (χ4v) is 3.98. The SMILES string of the molecule is CCOc1ccc(NC(=O)N(CCNS(=O)(=O)c2ccccc2)c2ccc(F)cc2)cc1. The number of hydrogen-bond donors (Lipinski definition) is 2. The van der Waals surface area contributed by atoms with Crippen molar-refractivity contribution in [2.75, 3.05) is 29.9 Å². The van der Waals surface area contributed by atoms with Crippen LogP contribution in [0.5, 0.6) is 5.75 Å². The van der Waals surface area contributed by atoms with Gasteiger partial charge in [0.15, 0.2) is 0 Å². The highest BCUT2D eigenvalue weighted by molar-refractivity contribution is 7.89.